The van der Waals surface area contributed by atoms with E-state index in [1.165, 1.54) is 0 Å². The number of benzene rings is 1. The summed E-state index contributed by atoms with van der Waals surface area (Å²) in [6.07, 6.45) is 4.96. The van der Waals surface area contributed by atoms with Crippen molar-refractivity contribution in [2.24, 2.45) is 0 Å². The standard InChI is InChI=1S/C20H31N3O3S/c1-2-13-23(18-11-12-21-16-18)20(24)10-7-17-5-8-19(9-6-17)27(25,26)22-14-3-4-15-22/h5-6,8-9,18,21H,2-4,7,10-16H2,1H3. The molecule has 1 amide bonds. The summed E-state index contributed by atoms with van der Waals surface area (Å²) in [7, 11) is -3.37. The van der Waals surface area contributed by atoms with Gasteiger partial charge in [-0.25, -0.2) is 8.42 Å². The topological polar surface area (TPSA) is 69.7 Å². The first-order valence-electron chi connectivity index (χ1n) is 10.1. The SMILES string of the molecule is CCCN(C(=O)CCc1ccc(S(=O)(=O)N2CCCC2)cc1)C1CCNC1. The Labute approximate surface area is 163 Å². The van der Waals surface area contributed by atoms with Crippen LogP contribution in [0.5, 0.6) is 0 Å². The van der Waals surface area contributed by atoms with Crippen molar-refractivity contribution in [3.8, 4) is 0 Å². The van der Waals surface area contributed by atoms with Gasteiger partial charge in [-0.05, 0) is 56.3 Å². The van der Waals surface area contributed by atoms with Crippen molar-refractivity contribution in [3.63, 3.8) is 0 Å². The highest BCUT2D eigenvalue weighted by atomic mass is 32.2. The minimum atomic E-state index is -3.37. The van der Waals surface area contributed by atoms with Gasteiger partial charge in [-0.2, -0.15) is 4.31 Å². The molecule has 2 saturated heterocycles. The van der Waals surface area contributed by atoms with Gasteiger partial charge in [0.1, 0.15) is 0 Å². The van der Waals surface area contributed by atoms with Crippen LogP contribution in [0.25, 0.3) is 0 Å². The van der Waals surface area contributed by atoms with E-state index in [9.17, 15) is 13.2 Å². The van der Waals surface area contributed by atoms with Gasteiger partial charge in [0.05, 0.1) is 4.90 Å². The lowest BCUT2D eigenvalue weighted by molar-refractivity contribution is -0.133. The van der Waals surface area contributed by atoms with Crippen LogP contribution in [0.3, 0.4) is 0 Å². The molecule has 1 atom stereocenters. The molecule has 0 aliphatic carbocycles. The maximum Gasteiger partial charge on any atom is 0.243 e. The van der Waals surface area contributed by atoms with Gasteiger partial charge in [0.15, 0.2) is 0 Å². The molecule has 0 bridgehead atoms. The van der Waals surface area contributed by atoms with Crippen LogP contribution >= 0.6 is 0 Å². The monoisotopic (exact) mass is 393 g/mol. The molecule has 1 aromatic carbocycles. The molecular formula is C20H31N3O3S. The molecule has 150 valence electrons. The van der Waals surface area contributed by atoms with Crippen molar-refractivity contribution in [1.29, 1.82) is 0 Å². The predicted molar refractivity (Wildman–Crippen MR) is 106 cm³/mol. The van der Waals surface area contributed by atoms with Crippen LogP contribution in [0, 0.1) is 0 Å². The van der Waals surface area contributed by atoms with Crippen LogP contribution in [0.4, 0.5) is 0 Å². The van der Waals surface area contributed by atoms with Gasteiger partial charge in [-0.3, -0.25) is 4.79 Å². The summed E-state index contributed by atoms with van der Waals surface area (Å²) >= 11 is 0. The van der Waals surface area contributed by atoms with Gasteiger partial charge in [0, 0.05) is 38.6 Å². The highest BCUT2D eigenvalue weighted by molar-refractivity contribution is 7.89. The molecule has 2 aliphatic heterocycles. The Morgan fingerprint density at radius 3 is 2.52 bits per heavy atom. The minimum absolute atomic E-state index is 0.194. The Hall–Kier alpha value is -1.44. The van der Waals surface area contributed by atoms with Gasteiger partial charge >= 0.3 is 0 Å². The van der Waals surface area contributed by atoms with E-state index in [2.05, 4.69) is 12.2 Å². The van der Waals surface area contributed by atoms with Crippen molar-refractivity contribution in [3.05, 3.63) is 29.8 Å². The number of nitrogens with zero attached hydrogens (tertiary/aromatic N) is 2. The van der Waals surface area contributed by atoms with Crippen molar-refractivity contribution < 1.29 is 13.2 Å². The number of aryl methyl sites for hydroxylation is 1. The number of hydrogen-bond donors (Lipinski definition) is 1. The number of nitrogens with one attached hydrogen (secondary N) is 1. The van der Waals surface area contributed by atoms with E-state index in [0.717, 1.165) is 50.9 Å². The van der Waals surface area contributed by atoms with E-state index >= 15 is 0 Å². The zero-order chi connectivity index (χ0) is 19.3. The molecule has 2 heterocycles. The van der Waals surface area contributed by atoms with Crippen LogP contribution in [0.1, 0.15) is 44.6 Å². The lowest BCUT2D eigenvalue weighted by Crippen LogP contribution is -2.42. The molecule has 27 heavy (non-hydrogen) atoms. The van der Waals surface area contributed by atoms with Crippen LogP contribution in [-0.2, 0) is 21.2 Å². The maximum absolute atomic E-state index is 12.7. The summed E-state index contributed by atoms with van der Waals surface area (Å²) in [6.45, 7) is 5.99. The quantitative estimate of drug-likeness (QED) is 0.733. The Morgan fingerprint density at radius 2 is 1.93 bits per heavy atom. The fourth-order valence-electron chi connectivity index (χ4n) is 3.96. The highest BCUT2D eigenvalue weighted by Crippen LogP contribution is 2.21. The molecule has 2 aliphatic rings. The summed E-state index contributed by atoms with van der Waals surface area (Å²) in [4.78, 5) is 15.1. The third kappa shape index (κ3) is 4.89. The number of hydrogen-bond acceptors (Lipinski definition) is 4. The molecule has 0 aromatic heterocycles. The molecule has 1 unspecified atom stereocenters. The molecule has 3 rings (SSSR count). The third-order valence-corrected chi connectivity index (χ3v) is 7.43. The van der Waals surface area contributed by atoms with E-state index in [0.29, 0.717) is 36.9 Å². The highest BCUT2D eigenvalue weighted by Gasteiger charge is 2.27. The van der Waals surface area contributed by atoms with Crippen molar-refractivity contribution in [2.75, 3.05) is 32.7 Å². The lowest BCUT2D eigenvalue weighted by atomic mass is 10.1. The van der Waals surface area contributed by atoms with Crippen molar-refractivity contribution in [2.45, 2.75) is 56.4 Å². The van der Waals surface area contributed by atoms with Gasteiger partial charge in [-0.15, -0.1) is 0 Å². The first kappa shape index (κ1) is 20.3. The van der Waals surface area contributed by atoms with Crippen LogP contribution in [-0.4, -0.2) is 62.3 Å². The maximum atomic E-state index is 12.7. The Balaban J connectivity index is 1.58. The van der Waals surface area contributed by atoms with E-state index in [4.69, 9.17) is 0 Å². The minimum Gasteiger partial charge on any atom is -0.338 e. The van der Waals surface area contributed by atoms with Crippen molar-refractivity contribution >= 4 is 15.9 Å². The predicted octanol–water partition coefficient (Wildman–Crippen LogP) is 2.00. The molecule has 1 aromatic rings. The van der Waals surface area contributed by atoms with Gasteiger partial charge in [0.25, 0.3) is 0 Å². The second-order valence-electron chi connectivity index (χ2n) is 7.49. The molecule has 0 radical (unpaired) electrons. The van der Waals surface area contributed by atoms with Crippen LogP contribution in [0.2, 0.25) is 0 Å². The van der Waals surface area contributed by atoms with Crippen LogP contribution in [0.15, 0.2) is 29.2 Å². The molecule has 6 nitrogen and oxygen atoms in total. The molecular weight excluding hydrogens is 362 g/mol. The molecule has 0 saturated carbocycles. The largest absolute Gasteiger partial charge is 0.338 e. The Bertz CT molecular complexity index is 721. The van der Waals surface area contributed by atoms with E-state index < -0.39 is 10.0 Å². The average Bonchev–Trinajstić information content (AvgIpc) is 3.38. The summed E-state index contributed by atoms with van der Waals surface area (Å²) in [5.41, 5.74) is 1.00. The number of carbonyl (C=O) groups is 1. The molecule has 0 spiro atoms. The second-order valence-corrected chi connectivity index (χ2v) is 9.43. The zero-order valence-corrected chi connectivity index (χ0v) is 17.0. The number of rotatable bonds is 8. The van der Waals surface area contributed by atoms with Gasteiger partial charge < -0.3 is 10.2 Å². The lowest BCUT2D eigenvalue weighted by Gasteiger charge is -2.28. The number of sulfonamides is 1. The summed E-state index contributed by atoms with van der Waals surface area (Å²) in [5, 5.41) is 3.33. The normalized spacial score (nSPS) is 20.9. The summed E-state index contributed by atoms with van der Waals surface area (Å²) in [6, 6.07) is 7.36. The van der Waals surface area contributed by atoms with Gasteiger partial charge in [0.2, 0.25) is 15.9 Å². The average molecular weight is 394 g/mol. The smallest absolute Gasteiger partial charge is 0.243 e. The van der Waals surface area contributed by atoms with E-state index in [-0.39, 0.29) is 5.91 Å². The number of amides is 1. The van der Waals surface area contributed by atoms with Crippen molar-refractivity contribution in [1.82, 2.24) is 14.5 Å². The Kier molecular flexibility index (Phi) is 6.89. The van der Waals surface area contributed by atoms with Gasteiger partial charge in [-0.1, -0.05) is 19.1 Å². The first-order chi connectivity index (χ1) is 13.0. The fraction of sp³-hybridized carbons (Fsp3) is 0.650. The summed E-state index contributed by atoms with van der Waals surface area (Å²) < 4.78 is 26.7. The van der Waals surface area contributed by atoms with Crippen LogP contribution < -0.4 is 5.32 Å². The Morgan fingerprint density at radius 1 is 1.22 bits per heavy atom. The number of carbonyl (C=O) groups excluding carboxylic acids is 1. The fourth-order valence-corrected chi connectivity index (χ4v) is 5.47. The first-order valence-corrected chi connectivity index (χ1v) is 11.6. The van der Waals surface area contributed by atoms with E-state index in [1.54, 1.807) is 16.4 Å². The third-order valence-electron chi connectivity index (χ3n) is 5.51. The zero-order valence-electron chi connectivity index (χ0n) is 16.2. The second kappa shape index (κ2) is 9.17. The molecule has 2 fully saturated rings. The molecule has 7 heteroatoms. The summed E-state index contributed by atoms with van der Waals surface area (Å²) in [5.74, 6) is 0.194. The molecule has 1 N–H and O–H groups in total. The van der Waals surface area contributed by atoms with E-state index in [1.807, 2.05) is 17.0 Å².